The summed E-state index contributed by atoms with van der Waals surface area (Å²) in [5.41, 5.74) is 7.89. The molecular formula is C14H23N3O. The summed E-state index contributed by atoms with van der Waals surface area (Å²) in [5, 5.41) is 0. The molecule has 1 aromatic rings. The molecule has 0 bridgehead atoms. The van der Waals surface area contributed by atoms with Crippen LogP contribution in [0.5, 0.6) is 0 Å². The van der Waals surface area contributed by atoms with Crippen molar-refractivity contribution < 1.29 is 4.74 Å². The second kappa shape index (κ2) is 6.07. The topological polar surface area (TPSA) is 41.7 Å². The first-order valence-electron chi connectivity index (χ1n) is 6.60. The van der Waals surface area contributed by atoms with Crippen LogP contribution in [0.1, 0.15) is 6.92 Å². The highest BCUT2D eigenvalue weighted by Crippen LogP contribution is 2.21. The number of likely N-dealkylation sites (N-methyl/N-ethyl adjacent to an activating group) is 2. The number of hydrogen-bond acceptors (Lipinski definition) is 4. The van der Waals surface area contributed by atoms with Crippen LogP contribution in [0.2, 0.25) is 0 Å². The van der Waals surface area contributed by atoms with Crippen molar-refractivity contribution in [3.8, 4) is 0 Å². The Labute approximate surface area is 109 Å². The van der Waals surface area contributed by atoms with Crippen molar-refractivity contribution in [2.75, 3.05) is 50.5 Å². The molecular weight excluding hydrogens is 226 g/mol. The summed E-state index contributed by atoms with van der Waals surface area (Å²) in [6.45, 7) is 7.05. The second-order valence-corrected chi connectivity index (χ2v) is 4.83. The summed E-state index contributed by atoms with van der Waals surface area (Å²) in [5.74, 6) is 0. The summed E-state index contributed by atoms with van der Waals surface area (Å²) in [6.07, 6.45) is 0.267. The first kappa shape index (κ1) is 13.2. The van der Waals surface area contributed by atoms with E-state index in [1.54, 1.807) is 0 Å². The maximum atomic E-state index is 5.99. The normalized spacial score (nSPS) is 20.9. The summed E-state index contributed by atoms with van der Waals surface area (Å²) in [4.78, 5) is 4.61. The number of nitrogen functional groups attached to an aromatic ring is 1. The van der Waals surface area contributed by atoms with Gasteiger partial charge in [-0.2, -0.15) is 0 Å². The second-order valence-electron chi connectivity index (χ2n) is 4.83. The number of ether oxygens (including phenoxy) is 1. The molecule has 2 rings (SSSR count). The van der Waals surface area contributed by atoms with Crippen molar-refractivity contribution in [3.63, 3.8) is 0 Å². The van der Waals surface area contributed by atoms with Gasteiger partial charge >= 0.3 is 0 Å². The number of rotatable bonds is 4. The zero-order valence-corrected chi connectivity index (χ0v) is 11.3. The van der Waals surface area contributed by atoms with Crippen molar-refractivity contribution in [1.29, 1.82) is 0 Å². The lowest BCUT2D eigenvalue weighted by Gasteiger charge is -2.35. The predicted octanol–water partition coefficient (Wildman–Crippen LogP) is 1.43. The van der Waals surface area contributed by atoms with Gasteiger partial charge in [0.25, 0.3) is 0 Å². The Balaban J connectivity index is 1.95. The van der Waals surface area contributed by atoms with E-state index in [1.807, 2.05) is 18.2 Å². The van der Waals surface area contributed by atoms with Crippen LogP contribution in [0.25, 0.3) is 0 Å². The van der Waals surface area contributed by atoms with Crippen LogP contribution in [0.15, 0.2) is 24.3 Å². The van der Waals surface area contributed by atoms with Crippen LogP contribution in [-0.4, -0.2) is 50.8 Å². The number of nitrogens with two attached hydrogens (primary N) is 1. The molecule has 1 aromatic carbocycles. The van der Waals surface area contributed by atoms with Crippen molar-refractivity contribution in [2.45, 2.75) is 13.0 Å². The lowest BCUT2D eigenvalue weighted by molar-refractivity contribution is -0.0216. The van der Waals surface area contributed by atoms with Gasteiger partial charge in [0.15, 0.2) is 0 Å². The van der Waals surface area contributed by atoms with Gasteiger partial charge in [-0.15, -0.1) is 0 Å². The van der Waals surface area contributed by atoms with Gasteiger partial charge in [0.05, 0.1) is 24.1 Å². The van der Waals surface area contributed by atoms with E-state index < -0.39 is 0 Å². The van der Waals surface area contributed by atoms with Crippen molar-refractivity contribution in [2.24, 2.45) is 0 Å². The molecule has 100 valence electrons. The molecule has 18 heavy (non-hydrogen) atoms. The average molecular weight is 249 g/mol. The van der Waals surface area contributed by atoms with Gasteiger partial charge in [0.1, 0.15) is 0 Å². The zero-order valence-electron chi connectivity index (χ0n) is 11.3. The Morgan fingerprint density at radius 2 is 2.22 bits per heavy atom. The van der Waals surface area contributed by atoms with E-state index >= 15 is 0 Å². The largest absolute Gasteiger partial charge is 0.397 e. The fraction of sp³-hybridized carbons (Fsp3) is 0.571. The fourth-order valence-electron chi connectivity index (χ4n) is 2.42. The summed E-state index contributed by atoms with van der Waals surface area (Å²) < 4.78 is 5.82. The van der Waals surface area contributed by atoms with Gasteiger partial charge in [0, 0.05) is 26.7 Å². The highest BCUT2D eigenvalue weighted by atomic mass is 16.5. The molecule has 0 aromatic heterocycles. The Bertz CT molecular complexity index is 383. The molecule has 4 nitrogen and oxygen atoms in total. The lowest BCUT2D eigenvalue weighted by Crippen LogP contribution is -2.46. The first-order chi connectivity index (χ1) is 8.70. The molecule has 1 fully saturated rings. The molecule has 1 heterocycles. The van der Waals surface area contributed by atoms with Crippen LogP contribution in [-0.2, 0) is 4.74 Å². The first-order valence-corrected chi connectivity index (χ1v) is 6.60. The molecule has 1 aliphatic rings. The maximum Gasteiger partial charge on any atom is 0.0876 e. The standard InChI is InChI=1S/C14H23N3O/c1-3-17-8-9-18-12(11-17)10-16(2)14-7-5-4-6-13(14)15/h4-7,12H,3,8-11,15H2,1-2H3. The minimum absolute atomic E-state index is 0.267. The molecule has 1 atom stereocenters. The van der Waals surface area contributed by atoms with E-state index in [4.69, 9.17) is 10.5 Å². The Hall–Kier alpha value is -1.26. The highest BCUT2D eigenvalue weighted by Gasteiger charge is 2.21. The quantitative estimate of drug-likeness (QED) is 0.820. The van der Waals surface area contributed by atoms with Gasteiger partial charge in [-0.3, -0.25) is 4.90 Å². The van der Waals surface area contributed by atoms with E-state index in [-0.39, 0.29) is 6.10 Å². The number of morpholine rings is 1. The molecule has 0 spiro atoms. The molecule has 0 radical (unpaired) electrons. The number of nitrogens with zero attached hydrogens (tertiary/aromatic N) is 2. The van der Waals surface area contributed by atoms with Crippen molar-refractivity contribution in [3.05, 3.63) is 24.3 Å². The van der Waals surface area contributed by atoms with Crippen LogP contribution in [0.4, 0.5) is 11.4 Å². The Morgan fingerprint density at radius 1 is 1.44 bits per heavy atom. The average Bonchev–Trinajstić information content (AvgIpc) is 2.39. The smallest absolute Gasteiger partial charge is 0.0876 e. The van der Waals surface area contributed by atoms with E-state index in [0.29, 0.717) is 0 Å². The van der Waals surface area contributed by atoms with Gasteiger partial charge in [-0.25, -0.2) is 0 Å². The molecule has 0 amide bonds. The van der Waals surface area contributed by atoms with Gasteiger partial charge in [0.2, 0.25) is 0 Å². The van der Waals surface area contributed by atoms with E-state index in [1.165, 1.54) is 0 Å². The third kappa shape index (κ3) is 3.15. The summed E-state index contributed by atoms with van der Waals surface area (Å²) in [6, 6.07) is 7.96. The minimum Gasteiger partial charge on any atom is -0.397 e. The molecule has 1 aliphatic heterocycles. The Morgan fingerprint density at radius 3 is 2.94 bits per heavy atom. The number of hydrogen-bond donors (Lipinski definition) is 1. The molecule has 4 heteroatoms. The lowest BCUT2D eigenvalue weighted by atomic mass is 10.2. The third-order valence-electron chi connectivity index (χ3n) is 3.50. The molecule has 1 saturated heterocycles. The van der Waals surface area contributed by atoms with E-state index in [2.05, 4.69) is 29.8 Å². The van der Waals surface area contributed by atoms with Gasteiger partial charge in [-0.05, 0) is 18.7 Å². The molecule has 1 unspecified atom stereocenters. The number of anilines is 2. The Kier molecular flexibility index (Phi) is 4.44. The zero-order chi connectivity index (χ0) is 13.0. The fourth-order valence-corrected chi connectivity index (χ4v) is 2.42. The number of benzene rings is 1. The van der Waals surface area contributed by atoms with Crippen LogP contribution in [0, 0.1) is 0 Å². The number of para-hydroxylation sites is 2. The highest BCUT2D eigenvalue weighted by molar-refractivity contribution is 5.66. The summed E-state index contributed by atoms with van der Waals surface area (Å²) in [7, 11) is 2.07. The van der Waals surface area contributed by atoms with Crippen LogP contribution >= 0.6 is 0 Å². The minimum atomic E-state index is 0.267. The molecule has 0 aliphatic carbocycles. The molecule has 0 saturated carbocycles. The monoisotopic (exact) mass is 249 g/mol. The molecule has 2 N–H and O–H groups in total. The van der Waals surface area contributed by atoms with Gasteiger partial charge in [-0.1, -0.05) is 19.1 Å². The predicted molar refractivity (Wildman–Crippen MR) is 76.0 cm³/mol. The van der Waals surface area contributed by atoms with Crippen molar-refractivity contribution in [1.82, 2.24) is 4.90 Å². The van der Waals surface area contributed by atoms with Crippen LogP contribution < -0.4 is 10.6 Å². The van der Waals surface area contributed by atoms with E-state index in [9.17, 15) is 0 Å². The van der Waals surface area contributed by atoms with Gasteiger partial charge < -0.3 is 15.4 Å². The van der Waals surface area contributed by atoms with Crippen LogP contribution in [0.3, 0.4) is 0 Å². The summed E-state index contributed by atoms with van der Waals surface area (Å²) >= 11 is 0. The van der Waals surface area contributed by atoms with E-state index in [0.717, 1.165) is 44.2 Å². The van der Waals surface area contributed by atoms with Crippen molar-refractivity contribution >= 4 is 11.4 Å². The SMILES string of the molecule is CCN1CCOC(CN(C)c2ccccc2N)C1. The maximum absolute atomic E-state index is 5.99. The third-order valence-corrected chi connectivity index (χ3v) is 3.50.